The lowest BCUT2D eigenvalue weighted by atomic mass is 9.99. The number of ether oxygens (including phenoxy) is 4. The molecule has 2 rings (SSSR count). The second-order valence-electron chi connectivity index (χ2n) is 8.04. The van der Waals surface area contributed by atoms with Crippen molar-refractivity contribution in [2.24, 2.45) is 11.8 Å². The van der Waals surface area contributed by atoms with Gasteiger partial charge in [0.05, 0.1) is 25.0 Å². The van der Waals surface area contributed by atoms with Gasteiger partial charge < -0.3 is 18.9 Å². The van der Waals surface area contributed by atoms with E-state index in [0.29, 0.717) is 13.2 Å². The molecule has 0 saturated carbocycles. The predicted molar refractivity (Wildman–Crippen MR) is 106 cm³/mol. The lowest BCUT2D eigenvalue weighted by molar-refractivity contribution is -0.160. The SMILES string of the molecule is CCCC[C@@H](CC)C(=O)O[C@H]1CO[C@H]2[C@@H]1OC[C@H]2OC(=O)[C@@H](CC)CCCC. The number of unbranched alkanes of at least 4 members (excludes halogenated alkanes) is 2. The second kappa shape index (κ2) is 11.8. The van der Waals surface area contributed by atoms with Crippen LogP contribution in [0.15, 0.2) is 0 Å². The molecular formula is C22H38O6. The van der Waals surface area contributed by atoms with Gasteiger partial charge in [-0.05, 0) is 25.7 Å². The average molecular weight is 399 g/mol. The van der Waals surface area contributed by atoms with Crippen molar-refractivity contribution in [3.05, 3.63) is 0 Å². The summed E-state index contributed by atoms with van der Waals surface area (Å²) in [5, 5.41) is 0. The number of fused-ring (bicyclic) bond motifs is 1. The van der Waals surface area contributed by atoms with Crippen LogP contribution in [0.5, 0.6) is 0 Å². The van der Waals surface area contributed by atoms with Gasteiger partial charge in [-0.15, -0.1) is 0 Å². The Labute approximate surface area is 169 Å². The van der Waals surface area contributed by atoms with Crippen LogP contribution in [0.1, 0.15) is 79.1 Å². The van der Waals surface area contributed by atoms with Crippen molar-refractivity contribution >= 4 is 11.9 Å². The molecule has 0 unspecified atom stereocenters. The maximum atomic E-state index is 12.5. The predicted octanol–water partition coefficient (Wildman–Crippen LogP) is 4.04. The summed E-state index contributed by atoms with van der Waals surface area (Å²) in [7, 11) is 0. The van der Waals surface area contributed by atoms with Crippen molar-refractivity contribution in [2.75, 3.05) is 13.2 Å². The Bertz CT molecular complexity index is 449. The van der Waals surface area contributed by atoms with Crippen LogP contribution < -0.4 is 0 Å². The summed E-state index contributed by atoms with van der Waals surface area (Å²) in [6.07, 6.45) is 5.89. The molecule has 2 heterocycles. The molecular weight excluding hydrogens is 360 g/mol. The number of carbonyl (C=O) groups excluding carboxylic acids is 2. The highest BCUT2D eigenvalue weighted by Gasteiger charge is 2.51. The van der Waals surface area contributed by atoms with Crippen LogP contribution >= 0.6 is 0 Å². The van der Waals surface area contributed by atoms with E-state index in [1.807, 2.05) is 13.8 Å². The van der Waals surface area contributed by atoms with Crippen LogP contribution in [-0.2, 0) is 28.5 Å². The van der Waals surface area contributed by atoms with Gasteiger partial charge in [-0.1, -0.05) is 53.4 Å². The number of rotatable bonds is 12. The summed E-state index contributed by atoms with van der Waals surface area (Å²) in [4.78, 5) is 25.0. The number of hydrogen-bond donors (Lipinski definition) is 0. The summed E-state index contributed by atoms with van der Waals surface area (Å²) in [6.45, 7) is 8.86. The smallest absolute Gasteiger partial charge is 0.309 e. The Kier molecular flexibility index (Phi) is 9.72. The third kappa shape index (κ3) is 5.93. The Morgan fingerprint density at radius 1 is 0.786 bits per heavy atom. The quantitative estimate of drug-likeness (QED) is 0.462. The van der Waals surface area contributed by atoms with Crippen LogP contribution in [0.25, 0.3) is 0 Å². The first-order chi connectivity index (χ1) is 13.5. The van der Waals surface area contributed by atoms with E-state index in [1.54, 1.807) is 0 Å². The maximum Gasteiger partial charge on any atom is 0.309 e. The molecule has 0 aromatic rings. The highest BCUT2D eigenvalue weighted by atomic mass is 16.7. The first-order valence-electron chi connectivity index (χ1n) is 11.2. The zero-order chi connectivity index (χ0) is 20.5. The molecule has 0 spiro atoms. The summed E-state index contributed by atoms with van der Waals surface area (Å²) >= 11 is 0. The third-order valence-corrected chi connectivity index (χ3v) is 5.96. The van der Waals surface area contributed by atoms with E-state index in [4.69, 9.17) is 18.9 Å². The highest BCUT2D eigenvalue weighted by Crippen LogP contribution is 2.32. The zero-order valence-corrected chi connectivity index (χ0v) is 18.0. The molecule has 2 saturated heterocycles. The van der Waals surface area contributed by atoms with Crippen LogP contribution in [0.4, 0.5) is 0 Å². The first kappa shape index (κ1) is 23.1. The van der Waals surface area contributed by atoms with E-state index < -0.39 is 12.2 Å². The molecule has 0 amide bonds. The Morgan fingerprint density at radius 2 is 1.18 bits per heavy atom. The minimum atomic E-state index is -0.418. The minimum Gasteiger partial charge on any atom is -0.457 e. The normalized spacial score (nSPS) is 28.6. The molecule has 0 aromatic carbocycles. The highest BCUT2D eigenvalue weighted by molar-refractivity contribution is 5.73. The zero-order valence-electron chi connectivity index (χ0n) is 18.0. The van der Waals surface area contributed by atoms with Crippen molar-refractivity contribution in [3.63, 3.8) is 0 Å². The van der Waals surface area contributed by atoms with Crippen LogP contribution in [0.2, 0.25) is 0 Å². The van der Waals surface area contributed by atoms with Crippen LogP contribution in [-0.4, -0.2) is 49.6 Å². The summed E-state index contributed by atoms with van der Waals surface area (Å²) in [5.74, 6) is -0.476. The van der Waals surface area contributed by atoms with Gasteiger partial charge in [-0.3, -0.25) is 9.59 Å². The molecule has 162 valence electrons. The molecule has 0 bridgehead atoms. The van der Waals surface area contributed by atoms with Crippen molar-refractivity contribution in [2.45, 2.75) is 103 Å². The van der Waals surface area contributed by atoms with Crippen molar-refractivity contribution in [1.82, 2.24) is 0 Å². The van der Waals surface area contributed by atoms with Crippen LogP contribution in [0.3, 0.4) is 0 Å². The van der Waals surface area contributed by atoms with Crippen LogP contribution in [0, 0.1) is 11.8 Å². The van der Waals surface area contributed by atoms with Gasteiger partial charge in [0, 0.05) is 0 Å². The van der Waals surface area contributed by atoms with E-state index >= 15 is 0 Å². The molecule has 0 aliphatic carbocycles. The lowest BCUT2D eigenvalue weighted by Crippen LogP contribution is -2.37. The third-order valence-electron chi connectivity index (χ3n) is 5.96. The van der Waals surface area contributed by atoms with Crippen molar-refractivity contribution in [3.8, 4) is 0 Å². The molecule has 6 heteroatoms. The van der Waals surface area contributed by atoms with E-state index in [9.17, 15) is 9.59 Å². The fourth-order valence-electron chi connectivity index (χ4n) is 4.00. The monoisotopic (exact) mass is 398 g/mol. The first-order valence-corrected chi connectivity index (χ1v) is 11.2. The standard InChI is InChI=1S/C22H38O6/c1-5-9-11-15(7-3)21(23)27-17-13-25-20-18(14-26-19(17)20)28-22(24)16(8-4)12-10-6-2/h15-20H,5-14H2,1-4H3/t15-,16+,17+,18-,19-,20-/m1/s1. The van der Waals surface area contributed by atoms with Crippen molar-refractivity contribution < 1.29 is 28.5 Å². The van der Waals surface area contributed by atoms with Crippen molar-refractivity contribution in [1.29, 1.82) is 0 Å². The molecule has 0 N–H and O–H groups in total. The Hall–Kier alpha value is -1.14. The van der Waals surface area contributed by atoms with E-state index in [-0.39, 0.29) is 36.0 Å². The summed E-state index contributed by atoms with van der Waals surface area (Å²) in [6, 6.07) is 0. The van der Waals surface area contributed by atoms with E-state index in [0.717, 1.165) is 51.4 Å². The Morgan fingerprint density at radius 3 is 1.50 bits per heavy atom. The molecule has 2 aliphatic heterocycles. The van der Waals surface area contributed by atoms with Gasteiger partial charge in [0.1, 0.15) is 12.2 Å². The van der Waals surface area contributed by atoms with Gasteiger partial charge in [0.15, 0.2) is 12.2 Å². The summed E-state index contributed by atoms with van der Waals surface area (Å²) < 4.78 is 23.1. The van der Waals surface area contributed by atoms with Gasteiger partial charge in [-0.2, -0.15) is 0 Å². The fourth-order valence-corrected chi connectivity index (χ4v) is 4.00. The van der Waals surface area contributed by atoms with Gasteiger partial charge in [-0.25, -0.2) is 0 Å². The molecule has 6 atom stereocenters. The van der Waals surface area contributed by atoms with E-state index in [2.05, 4.69) is 13.8 Å². The molecule has 2 fully saturated rings. The summed E-state index contributed by atoms with van der Waals surface area (Å²) in [5.41, 5.74) is 0. The number of esters is 2. The molecule has 6 nitrogen and oxygen atoms in total. The Balaban J connectivity index is 1.86. The molecule has 28 heavy (non-hydrogen) atoms. The van der Waals surface area contributed by atoms with Gasteiger partial charge >= 0.3 is 11.9 Å². The number of hydrogen-bond acceptors (Lipinski definition) is 6. The molecule has 2 aliphatic rings. The molecule has 0 aromatic heterocycles. The minimum absolute atomic E-state index is 0.0714. The van der Waals surface area contributed by atoms with E-state index in [1.165, 1.54) is 0 Å². The lowest BCUT2D eigenvalue weighted by Gasteiger charge is -2.21. The largest absolute Gasteiger partial charge is 0.457 e. The topological polar surface area (TPSA) is 71.1 Å². The van der Waals surface area contributed by atoms with Gasteiger partial charge in [0.25, 0.3) is 0 Å². The maximum absolute atomic E-state index is 12.5. The number of carbonyl (C=O) groups is 2. The second-order valence-corrected chi connectivity index (χ2v) is 8.04. The fraction of sp³-hybridized carbons (Fsp3) is 0.909. The average Bonchev–Trinajstić information content (AvgIpc) is 3.26. The van der Waals surface area contributed by atoms with Gasteiger partial charge in [0.2, 0.25) is 0 Å². The molecule has 0 radical (unpaired) electrons.